The Balaban J connectivity index is 2.14. The lowest BCUT2D eigenvalue weighted by molar-refractivity contribution is -0.139. The van der Waals surface area contributed by atoms with Gasteiger partial charge in [-0.15, -0.1) is 0 Å². The number of carboxylic acids is 1. The number of carbonyl (C=O) groups is 3. The van der Waals surface area contributed by atoms with Crippen LogP contribution in [0, 0.1) is 13.8 Å². The average molecular weight is 354 g/mol. The van der Waals surface area contributed by atoms with Crippen LogP contribution >= 0.6 is 0 Å². The third kappa shape index (κ3) is 5.17. The normalized spacial score (nSPS) is 11.5. The third-order valence-electron chi connectivity index (χ3n) is 4.06. The molecular formula is C20H22N2O4. The summed E-state index contributed by atoms with van der Waals surface area (Å²) in [6.45, 7) is 5.31. The summed E-state index contributed by atoms with van der Waals surface area (Å²) >= 11 is 0. The Morgan fingerprint density at radius 2 is 1.77 bits per heavy atom. The number of anilines is 1. The number of amides is 2. The summed E-state index contributed by atoms with van der Waals surface area (Å²) in [6.07, 6.45) is 0.188. The summed E-state index contributed by atoms with van der Waals surface area (Å²) in [7, 11) is 0. The van der Waals surface area contributed by atoms with Crippen molar-refractivity contribution in [2.75, 3.05) is 5.32 Å². The van der Waals surface area contributed by atoms with Gasteiger partial charge in [-0.3, -0.25) is 9.59 Å². The zero-order chi connectivity index (χ0) is 19.3. The van der Waals surface area contributed by atoms with Crippen molar-refractivity contribution >= 4 is 23.5 Å². The molecule has 1 atom stereocenters. The van der Waals surface area contributed by atoms with Crippen LogP contribution in [0.5, 0.6) is 0 Å². The number of carbonyl (C=O) groups excluding carboxylic acids is 2. The minimum absolute atomic E-state index is 0.188. The van der Waals surface area contributed by atoms with Crippen LogP contribution in [0.3, 0.4) is 0 Å². The highest BCUT2D eigenvalue weighted by atomic mass is 16.4. The molecule has 3 N–H and O–H groups in total. The maximum absolute atomic E-state index is 12.4. The summed E-state index contributed by atoms with van der Waals surface area (Å²) < 4.78 is 0. The first-order valence-corrected chi connectivity index (χ1v) is 8.23. The van der Waals surface area contributed by atoms with Gasteiger partial charge in [0.2, 0.25) is 5.91 Å². The standard InChI is InChI=1S/C20H22N2O4/c1-12-7-8-15(9-13(12)2)10-18(20(25)26)22-19(24)16-5-4-6-17(11-16)21-14(3)23/h4-9,11,18H,10H2,1-3H3,(H,21,23)(H,22,24)(H,25,26)/t18-/m0/s1. The van der Waals surface area contributed by atoms with E-state index in [2.05, 4.69) is 10.6 Å². The van der Waals surface area contributed by atoms with E-state index in [-0.39, 0.29) is 17.9 Å². The SMILES string of the molecule is CC(=O)Nc1cccc(C(=O)N[C@@H](Cc2ccc(C)c(C)c2)C(=O)O)c1. The van der Waals surface area contributed by atoms with Crippen molar-refractivity contribution < 1.29 is 19.5 Å². The van der Waals surface area contributed by atoms with Crippen LogP contribution < -0.4 is 10.6 Å². The van der Waals surface area contributed by atoms with Crippen molar-refractivity contribution in [2.24, 2.45) is 0 Å². The lowest BCUT2D eigenvalue weighted by Gasteiger charge is -2.16. The lowest BCUT2D eigenvalue weighted by atomic mass is 10.0. The second kappa shape index (κ2) is 8.29. The highest BCUT2D eigenvalue weighted by molar-refractivity contribution is 5.98. The molecule has 0 radical (unpaired) electrons. The second-order valence-electron chi connectivity index (χ2n) is 6.25. The fourth-order valence-electron chi connectivity index (χ4n) is 2.55. The van der Waals surface area contributed by atoms with Gasteiger partial charge in [0.15, 0.2) is 0 Å². The van der Waals surface area contributed by atoms with Gasteiger partial charge in [0, 0.05) is 24.6 Å². The van der Waals surface area contributed by atoms with Crippen molar-refractivity contribution in [2.45, 2.75) is 33.2 Å². The van der Waals surface area contributed by atoms with Crippen LogP contribution in [0.1, 0.15) is 34.0 Å². The number of hydrogen-bond acceptors (Lipinski definition) is 3. The van der Waals surface area contributed by atoms with E-state index in [1.165, 1.54) is 13.0 Å². The van der Waals surface area contributed by atoms with E-state index in [0.29, 0.717) is 5.69 Å². The van der Waals surface area contributed by atoms with Crippen LogP contribution in [0.4, 0.5) is 5.69 Å². The summed E-state index contributed by atoms with van der Waals surface area (Å²) in [6, 6.07) is 11.0. The Morgan fingerprint density at radius 3 is 2.38 bits per heavy atom. The molecule has 0 aliphatic carbocycles. The van der Waals surface area contributed by atoms with Gasteiger partial charge in [-0.25, -0.2) is 4.79 Å². The molecule has 26 heavy (non-hydrogen) atoms. The largest absolute Gasteiger partial charge is 0.480 e. The number of carboxylic acid groups (broad SMARTS) is 1. The summed E-state index contributed by atoms with van der Waals surface area (Å²) in [5, 5.41) is 14.6. The monoisotopic (exact) mass is 354 g/mol. The Kier molecular flexibility index (Phi) is 6.11. The quantitative estimate of drug-likeness (QED) is 0.743. The van der Waals surface area contributed by atoms with Gasteiger partial charge in [-0.05, 0) is 48.7 Å². The molecule has 0 aromatic heterocycles. The summed E-state index contributed by atoms with van der Waals surface area (Å²) in [5.74, 6) is -1.86. The number of nitrogens with one attached hydrogen (secondary N) is 2. The molecule has 0 fully saturated rings. The van der Waals surface area contributed by atoms with E-state index in [0.717, 1.165) is 16.7 Å². The number of rotatable bonds is 6. The van der Waals surface area contributed by atoms with Crippen LogP contribution in [-0.2, 0) is 16.0 Å². The first-order chi connectivity index (χ1) is 12.3. The molecule has 2 amide bonds. The van der Waals surface area contributed by atoms with E-state index in [1.54, 1.807) is 18.2 Å². The van der Waals surface area contributed by atoms with Crippen molar-refractivity contribution in [1.82, 2.24) is 5.32 Å². The van der Waals surface area contributed by atoms with Gasteiger partial charge in [0.05, 0.1) is 0 Å². The maximum atomic E-state index is 12.4. The Labute approximate surface area is 152 Å². The molecule has 0 aliphatic rings. The maximum Gasteiger partial charge on any atom is 0.326 e. The number of benzene rings is 2. The van der Waals surface area contributed by atoms with Gasteiger partial charge in [-0.1, -0.05) is 24.3 Å². The van der Waals surface area contributed by atoms with Gasteiger partial charge in [0.25, 0.3) is 5.91 Å². The second-order valence-corrected chi connectivity index (χ2v) is 6.25. The first-order valence-electron chi connectivity index (χ1n) is 8.23. The molecule has 0 saturated carbocycles. The minimum atomic E-state index is -1.10. The molecule has 6 nitrogen and oxygen atoms in total. The minimum Gasteiger partial charge on any atom is -0.480 e. The van der Waals surface area contributed by atoms with Crippen LogP contribution in [-0.4, -0.2) is 28.9 Å². The van der Waals surface area contributed by atoms with E-state index < -0.39 is 17.9 Å². The fraction of sp³-hybridized carbons (Fsp3) is 0.250. The molecule has 0 heterocycles. The topological polar surface area (TPSA) is 95.5 Å². The zero-order valence-corrected chi connectivity index (χ0v) is 15.0. The van der Waals surface area contributed by atoms with Crippen LogP contribution in [0.25, 0.3) is 0 Å². The number of hydrogen-bond donors (Lipinski definition) is 3. The molecule has 136 valence electrons. The number of aliphatic carboxylic acids is 1. The van der Waals surface area contributed by atoms with Gasteiger partial charge in [-0.2, -0.15) is 0 Å². The molecular weight excluding hydrogens is 332 g/mol. The third-order valence-corrected chi connectivity index (χ3v) is 4.06. The Hall–Kier alpha value is -3.15. The molecule has 2 aromatic carbocycles. The molecule has 0 aliphatic heterocycles. The van der Waals surface area contributed by atoms with Crippen molar-refractivity contribution in [1.29, 1.82) is 0 Å². The predicted octanol–water partition coefficient (Wildman–Crippen LogP) is 2.69. The van der Waals surface area contributed by atoms with Crippen LogP contribution in [0.2, 0.25) is 0 Å². The van der Waals surface area contributed by atoms with E-state index in [9.17, 15) is 19.5 Å². The average Bonchev–Trinajstić information content (AvgIpc) is 2.57. The molecule has 0 unspecified atom stereocenters. The van der Waals surface area contributed by atoms with Gasteiger partial charge >= 0.3 is 5.97 Å². The van der Waals surface area contributed by atoms with E-state index >= 15 is 0 Å². The molecule has 6 heteroatoms. The smallest absolute Gasteiger partial charge is 0.326 e. The molecule has 0 bridgehead atoms. The highest BCUT2D eigenvalue weighted by Crippen LogP contribution is 2.14. The first kappa shape index (κ1) is 19.2. The Bertz CT molecular complexity index is 845. The molecule has 0 saturated heterocycles. The van der Waals surface area contributed by atoms with Crippen molar-refractivity contribution in [3.05, 3.63) is 64.7 Å². The fourth-order valence-corrected chi connectivity index (χ4v) is 2.55. The van der Waals surface area contributed by atoms with E-state index in [1.807, 2.05) is 32.0 Å². The van der Waals surface area contributed by atoms with Gasteiger partial charge < -0.3 is 15.7 Å². The molecule has 2 aromatic rings. The van der Waals surface area contributed by atoms with Crippen LogP contribution in [0.15, 0.2) is 42.5 Å². The predicted molar refractivity (Wildman–Crippen MR) is 99.3 cm³/mol. The zero-order valence-electron chi connectivity index (χ0n) is 15.0. The Morgan fingerprint density at radius 1 is 1.04 bits per heavy atom. The summed E-state index contributed by atoms with van der Waals surface area (Å²) in [4.78, 5) is 35.1. The van der Waals surface area contributed by atoms with E-state index in [4.69, 9.17) is 0 Å². The van der Waals surface area contributed by atoms with Crippen molar-refractivity contribution in [3.63, 3.8) is 0 Å². The van der Waals surface area contributed by atoms with Gasteiger partial charge in [0.1, 0.15) is 6.04 Å². The molecule has 2 rings (SSSR count). The number of aryl methyl sites for hydroxylation is 2. The summed E-state index contributed by atoms with van der Waals surface area (Å²) in [5.41, 5.74) is 3.79. The lowest BCUT2D eigenvalue weighted by Crippen LogP contribution is -2.42. The highest BCUT2D eigenvalue weighted by Gasteiger charge is 2.21. The molecule has 0 spiro atoms. The van der Waals surface area contributed by atoms with Crippen molar-refractivity contribution in [3.8, 4) is 0 Å².